The Bertz CT molecular complexity index is 620. The van der Waals surface area contributed by atoms with Crippen LogP contribution in [-0.4, -0.2) is 37.2 Å². The summed E-state index contributed by atoms with van der Waals surface area (Å²) >= 11 is 0. The average Bonchev–Trinajstić information content (AvgIpc) is 2.82. The lowest BCUT2D eigenvalue weighted by molar-refractivity contribution is -0.120. The summed E-state index contributed by atoms with van der Waals surface area (Å²) in [5, 5.41) is 22.3. The van der Waals surface area contributed by atoms with Gasteiger partial charge in [-0.05, 0) is 28.1 Å². The Labute approximate surface area is 114 Å². The molecule has 0 aliphatic carbocycles. The number of tetrazole rings is 1. The molecule has 8 heteroatoms. The minimum atomic E-state index is -0.977. The van der Waals surface area contributed by atoms with Crippen molar-refractivity contribution in [2.45, 2.75) is 13.0 Å². The van der Waals surface area contributed by atoms with Gasteiger partial charge in [0, 0.05) is 13.6 Å². The Morgan fingerprint density at radius 3 is 2.55 bits per heavy atom. The average molecular weight is 275 g/mol. The second-order valence-corrected chi connectivity index (χ2v) is 4.17. The summed E-state index contributed by atoms with van der Waals surface area (Å²) in [4.78, 5) is 22.4. The first kappa shape index (κ1) is 13.7. The minimum absolute atomic E-state index is 0.0940. The van der Waals surface area contributed by atoms with E-state index in [2.05, 4.69) is 20.8 Å². The first-order chi connectivity index (χ1) is 9.56. The number of hydrogen-bond acceptors (Lipinski definition) is 5. The van der Waals surface area contributed by atoms with Crippen molar-refractivity contribution in [1.29, 1.82) is 0 Å². The molecule has 0 aliphatic heterocycles. The molecule has 20 heavy (non-hydrogen) atoms. The van der Waals surface area contributed by atoms with Crippen LogP contribution in [0.1, 0.15) is 21.7 Å². The molecule has 1 aromatic carbocycles. The minimum Gasteiger partial charge on any atom is -0.478 e. The van der Waals surface area contributed by atoms with Gasteiger partial charge >= 0.3 is 5.97 Å². The molecule has 0 saturated carbocycles. The zero-order chi connectivity index (χ0) is 14.5. The molecule has 8 nitrogen and oxygen atoms in total. The quantitative estimate of drug-likeness (QED) is 0.779. The molecule has 1 heterocycles. The number of aromatic nitrogens is 4. The molecule has 104 valence electrons. The molecule has 1 aromatic heterocycles. The SMILES string of the molecule is Cn1nnnc1CC(=O)NCc1ccc(C(=O)O)cc1. The van der Waals surface area contributed by atoms with E-state index in [0.717, 1.165) is 5.56 Å². The Balaban J connectivity index is 1.87. The molecular formula is C12H13N5O3. The number of nitrogens with one attached hydrogen (secondary N) is 1. The third-order valence-electron chi connectivity index (χ3n) is 2.72. The Morgan fingerprint density at radius 1 is 1.30 bits per heavy atom. The molecule has 0 radical (unpaired) electrons. The summed E-state index contributed by atoms with van der Waals surface area (Å²) in [5.41, 5.74) is 1.03. The van der Waals surface area contributed by atoms with Gasteiger partial charge in [0.15, 0.2) is 5.82 Å². The summed E-state index contributed by atoms with van der Waals surface area (Å²) < 4.78 is 1.43. The molecule has 2 N–H and O–H groups in total. The number of aromatic carboxylic acids is 1. The maximum Gasteiger partial charge on any atom is 0.335 e. The molecule has 0 fully saturated rings. The fraction of sp³-hybridized carbons (Fsp3) is 0.250. The van der Waals surface area contributed by atoms with Crippen LogP contribution in [0.15, 0.2) is 24.3 Å². The lowest BCUT2D eigenvalue weighted by Gasteiger charge is -2.05. The van der Waals surface area contributed by atoms with E-state index in [1.165, 1.54) is 16.8 Å². The normalized spacial score (nSPS) is 10.2. The molecule has 0 bridgehead atoms. The van der Waals surface area contributed by atoms with Gasteiger partial charge in [-0.2, -0.15) is 0 Å². The predicted molar refractivity (Wildman–Crippen MR) is 67.8 cm³/mol. The fourth-order valence-corrected chi connectivity index (χ4v) is 1.57. The van der Waals surface area contributed by atoms with Gasteiger partial charge in [-0.25, -0.2) is 9.48 Å². The number of nitrogens with zero attached hydrogens (tertiary/aromatic N) is 4. The Kier molecular flexibility index (Phi) is 4.04. The molecule has 2 rings (SSSR count). The molecule has 1 amide bonds. The van der Waals surface area contributed by atoms with Crippen LogP contribution >= 0.6 is 0 Å². The molecular weight excluding hydrogens is 262 g/mol. The first-order valence-electron chi connectivity index (χ1n) is 5.86. The van der Waals surface area contributed by atoms with Gasteiger partial charge in [0.2, 0.25) is 5.91 Å². The van der Waals surface area contributed by atoms with Crippen LogP contribution in [0, 0.1) is 0 Å². The smallest absolute Gasteiger partial charge is 0.335 e. The predicted octanol–water partition coefficient (Wildman–Crippen LogP) is -0.233. The summed E-state index contributed by atoms with van der Waals surface area (Å²) in [5.74, 6) is -0.704. The zero-order valence-electron chi connectivity index (χ0n) is 10.8. The molecule has 0 spiro atoms. The highest BCUT2D eigenvalue weighted by Crippen LogP contribution is 2.04. The van der Waals surface area contributed by atoms with Gasteiger partial charge in [0.1, 0.15) is 0 Å². The van der Waals surface area contributed by atoms with Crippen LogP contribution in [0.3, 0.4) is 0 Å². The molecule has 0 aliphatic rings. The number of benzene rings is 1. The number of rotatable bonds is 5. The number of hydrogen-bond donors (Lipinski definition) is 2. The topological polar surface area (TPSA) is 110 Å². The Morgan fingerprint density at radius 2 is 2.00 bits per heavy atom. The number of amides is 1. The third-order valence-corrected chi connectivity index (χ3v) is 2.72. The summed E-state index contributed by atoms with van der Waals surface area (Å²) in [6.07, 6.45) is 0.0940. The lowest BCUT2D eigenvalue weighted by atomic mass is 10.1. The molecule has 0 unspecified atom stereocenters. The lowest BCUT2D eigenvalue weighted by Crippen LogP contribution is -2.25. The van der Waals surface area contributed by atoms with E-state index < -0.39 is 5.97 Å². The third kappa shape index (κ3) is 3.37. The highest BCUT2D eigenvalue weighted by Gasteiger charge is 2.09. The van der Waals surface area contributed by atoms with Crippen LogP contribution in [0.5, 0.6) is 0 Å². The highest BCUT2D eigenvalue weighted by molar-refractivity contribution is 5.87. The van der Waals surface area contributed by atoms with Crippen molar-refractivity contribution in [3.63, 3.8) is 0 Å². The van der Waals surface area contributed by atoms with E-state index in [9.17, 15) is 9.59 Å². The molecule has 0 saturated heterocycles. The summed E-state index contributed by atoms with van der Waals surface area (Å²) in [6, 6.07) is 6.31. The van der Waals surface area contributed by atoms with Crippen molar-refractivity contribution in [1.82, 2.24) is 25.5 Å². The van der Waals surface area contributed by atoms with E-state index >= 15 is 0 Å². The molecule has 0 atom stereocenters. The van der Waals surface area contributed by atoms with E-state index in [4.69, 9.17) is 5.11 Å². The van der Waals surface area contributed by atoms with Crippen molar-refractivity contribution in [3.05, 3.63) is 41.2 Å². The van der Waals surface area contributed by atoms with Crippen molar-refractivity contribution in [2.24, 2.45) is 7.05 Å². The maximum absolute atomic E-state index is 11.7. The summed E-state index contributed by atoms with van der Waals surface area (Å²) in [7, 11) is 1.66. The second-order valence-electron chi connectivity index (χ2n) is 4.17. The van der Waals surface area contributed by atoms with Crippen LogP contribution in [-0.2, 0) is 24.8 Å². The van der Waals surface area contributed by atoms with Crippen molar-refractivity contribution >= 4 is 11.9 Å². The van der Waals surface area contributed by atoms with E-state index in [0.29, 0.717) is 12.4 Å². The summed E-state index contributed by atoms with van der Waals surface area (Å²) in [6.45, 7) is 0.323. The van der Waals surface area contributed by atoms with Crippen molar-refractivity contribution in [2.75, 3.05) is 0 Å². The van der Waals surface area contributed by atoms with Crippen molar-refractivity contribution < 1.29 is 14.7 Å². The first-order valence-corrected chi connectivity index (χ1v) is 5.86. The number of carbonyl (C=O) groups is 2. The fourth-order valence-electron chi connectivity index (χ4n) is 1.57. The standard InChI is InChI=1S/C12H13N5O3/c1-17-10(14-15-16-17)6-11(18)13-7-8-2-4-9(5-3-8)12(19)20/h2-5H,6-7H2,1H3,(H,13,18)(H,19,20). The highest BCUT2D eigenvalue weighted by atomic mass is 16.4. The zero-order valence-corrected chi connectivity index (χ0v) is 10.8. The van der Waals surface area contributed by atoms with Gasteiger partial charge in [-0.3, -0.25) is 4.79 Å². The number of carboxylic acid groups (broad SMARTS) is 1. The van der Waals surface area contributed by atoms with Crippen molar-refractivity contribution in [3.8, 4) is 0 Å². The Hall–Kier alpha value is -2.77. The van der Waals surface area contributed by atoms with Gasteiger partial charge in [0.05, 0.1) is 12.0 Å². The largest absolute Gasteiger partial charge is 0.478 e. The second kappa shape index (κ2) is 5.91. The van der Waals surface area contributed by atoms with E-state index in [1.807, 2.05) is 0 Å². The van der Waals surface area contributed by atoms with Gasteiger partial charge in [-0.1, -0.05) is 12.1 Å². The van der Waals surface area contributed by atoms with Crippen LogP contribution in [0.4, 0.5) is 0 Å². The van der Waals surface area contributed by atoms with E-state index in [-0.39, 0.29) is 17.9 Å². The van der Waals surface area contributed by atoms with Crippen LogP contribution in [0.2, 0.25) is 0 Å². The van der Waals surface area contributed by atoms with Crippen LogP contribution in [0.25, 0.3) is 0 Å². The number of aryl methyl sites for hydroxylation is 1. The molecule has 2 aromatic rings. The van der Waals surface area contributed by atoms with E-state index in [1.54, 1.807) is 19.2 Å². The number of carboxylic acids is 1. The van der Waals surface area contributed by atoms with Gasteiger partial charge < -0.3 is 10.4 Å². The van der Waals surface area contributed by atoms with Crippen LogP contribution < -0.4 is 5.32 Å². The maximum atomic E-state index is 11.7. The van der Waals surface area contributed by atoms with Gasteiger partial charge in [0.25, 0.3) is 0 Å². The van der Waals surface area contributed by atoms with Gasteiger partial charge in [-0.15, -0.1) is 5.10 Å². The number of carbonyl (C=O) groups excluding carboxylic acids is 1. The monoisotopic (exact) mass is 275 g/mol.